The van der Waals surface area contributed by atoms with Crippen molar-refractivity contribution in [3.8, 4) is 23.0 Å². The third-order valence-corrected chi connectivity index (χ3v) is 5.53. The molecule has 8 nitrogen and oxygen atoms in total. The average Bonchev–Trinajstić information content (AvgIpc) is 3.54. The second kappa shape index (κ2) is 8.99. The number of nitrogens with zero attached hydrogens (tertiary/aromatic N) is 3. The molecule has 33 heavy (non-hydrogen) atoms. The molecule has 1 aliphatic rings. The van der Waals surface area contributed by atoms with Crippen molar-refractivity contribution in [2.45, 2.75) is 12.8 Å². The third kappa shape index (κ3) is 4.42. The molecule has 0 amide bonds. The van der Waals surface area contributed by atoms with Crippen LogP contribution >= 0.6 is 0 Å². The quantitative estimate of drug-likeness (QED) is 0.412. The molecule has 3 heterocycles. The minimum absolute atomic E-state index is 0.0104. The molecule has 1 saturated heterocycles. The summed E-state index contributed by atoms with van der Waals surface area (Å²) in [6, 6.07) is 8.64. The van der Waals surface area contributed by atoms with Crippen LogP contribution < -0.4 is 9.47 Å². The van der Waals surface area contributed by atoms with Crippen LogP contribution in [0, 0.1) is 11.6 Å². The number of aromatic nitrogens is 4. The van der Waals surface area contributed by atoms with Crippen LogP contribution in [0.2, 0.25) is 0 Å². The Kier molecular flexibility index (Phi) is 5.74. The van der Waals surface area contributed by atoms with Crippen molar-refractivity contribution in [1.82, 2.24) is 25.1 Å². The van der Waals surface area contributed by atoms with E-state index in [1.54, 1.807) is 0 Å². The van der Waals surface area contributed by atoms with Gasteiger partial charge in [-0.1, -0.05) is 6.07 Å². The van der Waals surface area contributed by atoms with Crippen LogP contribution in [0.5, 0.6) is 11.5 Å². The highest BCUT2D eigenvalue weighted by molar-refractivity contribution is 5.92. The molecule has 5 rings (SSSR count). The molecule has 0 radical (unpaired) electrons. The molecule has 10 heteroatoms. The van der Waals surface area contributed by atoms with Crippen molar-refractivity contribution < 1.29 is 23.0 Å². The average molecular weight is 453 g/mol. The molecule has 0 bridgehead atoms. The number of carbonyl (C=O) groups excluding carboxylic acids is 1. The van der Waals surface area contributed by atoms with E-state index >= 15 is 0 Å². The summed E-state index contributed by atoms with van der Waals surface area (Å²) in [6.45, 7) is 3.71. The second-order valence-corrected chi connectivity index (χ2v) is 7.75. The van der Waals surface area contributed by atoms with Gasteiger partial charge in [0.25, 0.3) is 0 Å². The van der Waals surface area contributed by atoms with Crippen LogP contribution in [0.1, 0.15) is 23.2 Å². The van der Waals surface area contributed by atoms with E-state index < -0.39 is 23.2 Å². The van der Waals surface area contributed by atoms with E-state index in [1.165, 1.54) is 25.1 Å². The Morgan fingerprint density at radius 1 is 1.12 bits per heavy atom. The van der Waals surface area contributed by atoms with Crippen molar-refractivity contribution in [2.24, 2.45) is 0 Å². The van der Waals surface area contributed by atoms with Gasteiger partial charge in [-0.25, -0.2) is 18.6 Å². The molecule has 0 unspecified atom stereocenters. The summed E-state index contributed by atoms with van der Waals surface area (Å²) in [5.74, 6) is -2.17. The molecular formula is C23H21F2N5O3. The Balaban J connectivity index is 1.32. The molecule has 4 aromatic rings. The van der Waals surface area contributed by atoms with Gasteiger partial charge >= 0.3 is 5.97 Å². The SMILES string of the molecule is O=C(Oc1c[nH]nc1-c1nc2cc(OCCN3CCCC3)ccc2[nH]1)c1c(F)cccc1F. The third-order valence-electron chi connectivity index (χ3n) is 5.53. The molecule has 0 aliphatic carbocycles. The van der Waals surface area contributed by atoms with Crippen LogP contribution in [0.15, 0.2) is 42.6 Å². The minimum Gasteiger partial charge on any atom is -0.492 e. The monoisotopic (exact) mass is 453 g/mol. The van der Waals surface area contributed by atoms with Crippen molar-refractivity contribution >= 4 is 17.0 Å². The number of rotatable bonds is 7. The maximum atomic E-state index is 13.9. The van der Waals surface area contributed by atoms with Gasteiger partial charge in [-0.15, -0.1) is 0 Å². The Bertz CT molecular complexity index is 1280. The molecule has 2 N–H and O–H groups in total. The van der Waals surface area contributed by atoms with Gasteiger partial charge < -0.3 is 14.5 Å². The fourth-order valence-electron chi connectivity index (χ4n) is 3.86. The predicted molar refractivity (Wildman–Crippen MR) is 116 cm³/mol. The van der Waals surface area contributed by atoms with Gasteiger partial charge in [-0.3, -0.25) is 10.00 Å². The lowest BCUT2D eigenvalue weighted by atomic mass is 10.2. The fourth-order valence-corrected chi connectivity index (χ4v) is 3.86. The van der Waals surface area contributed by atoms with E-state index in [-0.39, 0.29) is 11.4 Å². The molecule has 1 fully saturated rings. The number of nitrogens with one attached hydrogen (secondary N) is 2. The van der Waals surface area contributed by atoms with E-state index in [0.717, 1.165) is 37.3 Å². The van der Waals surface area contributed by atoms with Crippen LogP contribution in [-0.2, 0) is 0 Å². The molecule has 2 aromatic heterocycles. The second-order valence-electron chi connectivity index (χ2n) is 7.75. The van der Waals surface area contributed by atoms with Crippen molar-refractivity contribution in [3.05, 3.63) is 59.8 Å². The first-order valence-electron chi connectivity index (χ1n) is 10.6. The number of esters is 1. The molecule has 0 saturated carbocycles. The Hall–Kier alpha value is -3.79. The number of halogens is 2. The van der Waals surface area contributed by atoms with Gasteiger partial charge in [0, 0.05) is 12.6 Å². The Labute approximate surface area is 187 Å². The molecule has 2 aromatic carbocycles. The number of imidazole rings is 1. The molecular weight excluding hydrogens is 432 g/mol. The summed E-state index contributed by atoms with van der Waals surface area (Å²) >= 11 is 0. The number of carbonyl (C=O) groups is 1. The molecule has 170 valence electrons. The number of benzene rings is 2. The first kappa shape index (κ1) is 21.1. The van der Waals surface area contributed by atoms with Crippen LogP contribution in [0.4, 0.5) is 8.78 Å². The highest BCUT2D eigenvalue weighted by Crippen LogP contribution is 2.29. The number of ether oxygens (including phenoxy) is 2. The van der Waals surface area contributed by atoms with Gasteiger partial charge in [-0.2, -0.15) is 5.10 Å². The zero-order chi connectivity index (χ0) is 22.8. The lowest BCUT2D eigenvalue weighted by molar-refractivity contribution is 0.0725. The van der Waals surface area contributed by atoms with Gasteiger partial charge in [0.2, 0.25) is 0 Å². The lowest BCUT2D eigenvalue weighted by Gasteiger charge is -2.14. The van der Waals surface area contributed by atoms with Gasteiger partial charge in [0.15, 0.2) is 17.3 Å². The van der Waals surface area contributed by atoms with E-state index in [2.05, 4.69) is 25.1 Å². The Morgan fingerprint density at radius 3 is 2.70 bits per heavy atom. The molecule has 1 aliphatic heterocycles. The molecule has 0 spiro atoms. The summed E-state index contributed by atoms with van der Waals surface area (Å²) in [4.78, 5) is 22.3. The standard InChI is InChI=1S/C23H21F2N5O3/c24-15-4-3-5-16(25)20(15)23(31)33-19-13-26-29-21(19)22-27-17-7-6-14(12-18(17)28-22)32-11-10-30-8-1-2-9-30/h3-7,12-13H,1-2,8-11H2,(H,26,29)(H,27,28). The smallest absolute Gasteiger partial charge is 0.349 e. The summed E-state index contributed by atoms with van der Waals surface area (Å²) < 4.78 is 38.9. The van der Waals surface area contributed by atoms with Crippen LogP contribution in [0.25, 0.3) is 22.6 Å². The van der Waals surface area contributed by atoms with Crippen LogP contribution in [0.3, 0.4) is 0 Å². The van der Waals surface area contributed by atoms with Gasteiger partial charge in [0.1, 0.15) is 29.6 Å². The van der Waals surface area contributed by atoms with E-state index in [4.69, 9.17) is 9.47 Å². The lowest BCUT2D eigenvalue weighted by Crippen LogP contribution is -2.25. The number of hydrogen-bond acceptors (Lipinski definition) is 6. The van der Waals surface area contributed by atoms with Crippen molar-refractivity contribution in [3.63, 3.8) is 0 Å². The van der Waals surface area contributed by atoms with Gasteiger partial charge in [0.05, 0.1) is 17.2 Å². The summed E-state index contributed by atoms with van der Waals surface area (Å²) in [7, 11) is 0. The number of fused-ring (bicyclic) bond motifs is 1. The zero-order valence-electron chi connectivity index (χ0n) is 17.6. The first-order valence-corrected chi connectivity index (χ1v) is 10.6. The number of H-pyrrole nitrogens is 2. The Morgan fingerprint density at radius 2 is 1.91 bits per heavy atom. The predicted octanol–water partition coefficient (Wildman–Crippen LogP) is 3.93. The normalized spacial score (nSPS) is 14.1. The molecule has 0 atom stereocenters. The van der Waals surface area contributed by atoms with E-state index in [0.29, 0.717) is 23.7 Å². The largest absolute Gasteiger partial charge is 0.492 e. The number of hydrogen-bond donors (Lipinski definition) is 2. The van der Waals surface area contributed by atoms with Gasteiger partial charge in [-0.05, 0) is 50.2 Å². The van der Waals surface area contributed by atoms with E-state index in [9.17, 15) is 13.6 Å². The minimum atomic E-state index is -1.17. The zero-order valence-corrected chi connectivity index (χ0v) is 17.6. The summed E-state index contributed by atoms with van der Waals surface area (Å²) in [6.07, 6.45) is 3.79. The highest BCUT2D eigenvalue weighted by atomic mass is 19.1. The van der Waals surface area contributed by atoms with Crippen LogP contribution in [-0.4, -0.2) is 57.3 Å². The van der Waals surface area contributed by atoms with Crippen molar-refractivity contribution in [1.29, 1.82) is 0 Å². The summed E-state index contributed by atoms with van der Waals surface area (Å²) in [5, 5.41) is 6.66. The number of aromatic amines is 2. The fraction of sp³-hybridized carbons (Fsp3) is 0.261. The summed E-state index contributed by atoms with van der Waals surface area (Å²) in [5.41, 5.74) is 0.805. The maximum Gasteiger partial charge on any atom is 0.349 e. The topological polar surface area (TPSA) is 96.1 Å². The first-order chi connectivity index (χ1) is 16.1. The number of likely N-dealkylation sites (tertiary alicyclic amines) is 1. The highest BCUT2D eigenvalue weighted by Gasteiger charge is 2.23. The maximum absolute atomic E-state index is 13.9. The van der Waals surface area contributed by atoms with Crippen molar-refractivity contribution in [2.75, 3.05) is 26.2 Å². The van der Waals surface area contributed by atoms with E-state index in [1.807, 2.05) is 18.2 Å².